The van der Waals surface area contributed by atoms with E-state index < -0.39 is 11.9 Å². The molecule has 0 aliphatic heterocycles. The van der Waals surface area contributed by atoms with Crippen LogP contribution in [0, 0.1) is 5.92 Å². The smallest absolute Gasteiger partial charge is 0.240 e. The lowest BCUT2D eigenvalue weighted by Crippen LogP contribution is -2.45. The number of nitrogens with one attached hydrogen (secondary N) is 1. The molecule has 2 amide bonds. The van der Waals surface area contributed by atoms with E-state index in [-0.39, 0.29) is 5.91 Å². The fourth-order valence-electron chi connectivity index (χ4n) is 1.76. The van der Waals surface area contributed by atoms with Gasteiger partial charge in [0.25, 0.3) is 0 Å². The van der Waals surface area contributed by atoms with E-state index in [1.165, 1.54) is 0 Å². The Balaban J connectivity index is 2.54. The molecule has 0 bridgehead atoms. The maximum atomic E-state index is 11.7. The lowest BCUT2D eigenvalue weighted by Gasteiger charge is -2.16. The number of hydrogen-bond donors (Lipinski definition) is 2. The van der Waals surface area contributed by atoms with Crippen LogP contribution in [-0.4, -0.2) is 17.9 Å². The molecule has 1 atom stereocenters. The van der Waals surface area contributed by atoms with Crippen molar-refractivity contribution in [3.63, 3.8) is 0 Å². The van der Waals surface area contributed by atoms with Crippen molar-refractivity contribution in [2.75, 3.05) is 0 Å². The third kappa shape index (κ3) is 6.04. The van der Waals surface area contributed by atoms with Gasteiger partial charge in [-0.15, -0.1) is 0 Å². The monoisotopic (exact) mass is 262 g/mol. The largest absolute Gasteiger partial charge is 0.368 e. The molecule has 4 heteroatoms. The predicted molar refractivity (Wildman–Crippen MR) is 75.3 cm³/mol. The second-order valence-corrected chi connectivity index (χ2v) is 5.14. The van der Waals surface area contributed by atoms with Gasteiger partial charge in [0.05, 0.1) is 0 Å². The van der Waals surface area contributed by atoms with Crippen LogP contribution >= 0.6 is 0 Å². The van der Waals surface area contributed by atoms with E-state index in [1.54, 1.807) is 0 Å². The molecule has 1 aromatic rings. The van der Waals surface area contributed by atoms with Crippen molar-refractivity contribution in [3.8, 4) is 0 Å². The van der Waals surface area contributed by atoms with Gasteiger partial charge < -0.3 is 11.1 Å². The summed E-state index contributed by atoms with van der Waals surface area (Å²) in [6.07, 6.45) is 1.67. The van der Waals surface area contributed by atoms with E-state index in [0.717, 1.165) is 12.0 Å². The summed E-state index contributed by atoms with van der Waals surface area (Å²) >= 11 is 0. The summed E-state index contributed by atoms with van der Waals surface area (Å²) in [6.45, 7) is 4.12. The summed E-state index contributed by atoms with van der Waals surface area (Å²) in [6, 6.07) is 8.89. The predicted octanol–water partition coefficient (Wildman–Crippen LogP) is 1.64. The minimum absolute atomic E-state index is 0.117. The second-order valence-electron chi connectivity index (χ2n) is 5.14. The van der Waals surface area contributed by atoms with E-state index in [1.807, 2.05) is 30.3 Å². The Labute approximate surface area is 114 Å². The Morgan fingerprint density at radius 1 is 1.21 bits per heavy atom. The lowest BCUT2D eigenvalue weighted by atomic mass is 10.0. The summed E-state index contributed by atoms with van der Waals surface area (Å²) < 4.78 is 0. The number of amides is 2. The van der Waals surface area contributed by atoms with Crippen molar-refractivity contribution in [2.45, 2.75) is 39.2 Å². The fraction of sp³-hybridized carbons (Fsp3) is 0.467. The van der Waals surface area contributed by atoms with Crippen molar-refractivity contribution in [1.82, 2.24) is 5.32 Å². The molecular weight excluding hydrogens is 240 g/mol. The first-order chi connectivity index (χ1) is 8.99. The molecule has 1 unspecified atom stereocenters. The maximum absolute atomic E-state index is 11.7. The summed E-state index contributed by atoms with van der Waals surface area (Å²) in [4.78, 5) is 23.1. The van der Waals surface area contributed by atoms with Crippen LogP contribution in [0.5, 0.6) is 0 Å². The Kier molecular flexibility index (Phi) is 6.06. The number of primary amides is 1. The molecule has 0 fully saturated rings. The van der Waals surface area contributed by atoms with Crippen LogP contribution in [-0.2, 0) is 16.0 Å². The quantitative estimate of drug-likeness (QED) is 0.784. The van der Waals surface area contributed by atoms with Gasteiger partial charge in [-0.3, -0.25) is 9.59 Å². The summed E-state index contributed by atoms with van der Waals surface area (Å²) in [5.41, 5.74) is 6.32. The number of carbonyl (C=O) groups excluding carboxylic acids is 2. The van der Waals surface area contributed by atoms with Crippen molar-refractivity contribution in [3.05, 3.63) is 35.9 Å². The van der Waals surface area contributed by atoms with Gasteiger partial charge in [0, 0.05) is 12.8 Å². The van der Waals surface area contributed by atoms with Crippen LogP contribution in [0.2, 0.25) is 0 Å². The molecule has 1 aromatic carbocycles. The Morgan fingerprint density at radius 2 is 1.84 bits per heavy atom. The van der Waals surface area contributed by atoms with Crippen molar-refractivity contribution < 1.29 is 9.59 Å². The van der Waals surface area contributed by atoms with Gasteiger partial charge in [0.2, 0.25) is 11.8 Å². The van der Waals surface area contributed by atoms with Gasteiger partial charge in [0.15, 0.2) is 0 Å². The van der Waals surface area contributed by atoms with Gasteiger partial charge in [-0.05, 0) is 17.9 Å². The zero-order chi connectivity index (χ0) is 14.3. The first kappa shape index (κ1) is 15.2. The Bertz CT molecular complexity index is 415. The molecule has 0 spiro atoms. The van der Waals surface area contributed by atoms with Crippen LogP contribution in [0.3, 0.4) is 0 Å². The van der Waals surface area contributed by atoms with Gasteiger partial charge in [0.1, 0.15) is 6.04 Å². The highest BCUT2D eigenvalue weighted by molar-refractivity contribution is 5.86. The Morgan fingerprint density at radius 3 is 2.37 bits per heavy atom. The van der Waals surface area contributed by atoms with Crippen molar-refractivity contribution in [1.29, 1.82) is 0 Å². The zero-order valence-corrected chi connectivity index (χ0v) is 11.6. The number of nitrogens with two attached hydrogens (primary N) is 1. The Hall–Kier alpha value is -1.84. The van der Waals surface area contributed by atoms with Crippen LogP contribution in [0.1, 0.15) is 32.3 Å². The highest BCUT2D eigenvalue weighted by Crippen LogP contribution is 2.06. The third-order valence-electron chi connectivity index (χ3n) is 2.91. The SMILES string of the molecule is CC(C)CCC(=O)NC(Cc1ccccc1)C(N)=O. The summed E-state index contributed by atoms with van der Waals surface area (Å²) in [5.74, 6) is -0.151. The third-order valence-corrected chi connectivity index (χ3v) is 2.91. The zero-order valence-electron chi connectivity index (χ0n) is 11.6. The summed E-state index contributed by atoms with van der Waals surface area (Å²) in [7, 11) is 0. The number of rotatable bonds is 7. The molecule has 104 valence electrons. The molecule has 0 saturated carbocycles. The molecule has 0 aromatic heterocycles. The van der Waals surface area contributed by atoms with Crippen molar-refractivity contribution >= 4 is 11.8 Å². The minimum Gasteiger partial charge on any atom is -0.368 e. The number of hydrogen-bond acceptors (Lipinski definition) is 2. The number of benzene rings is 1. The molecule has 4 nitrogen and oxygen atoms in total. The van der Waals surface area contributed by atoms with Gasteiger partial charge in [-0.25, -0.2) is 0 Å². The van der Waals surface area contributed by atoms with E-state index >= 15 is 0 Å². The van der Waals surface area contributed by atoms with Crippen molar-refractivity contribution in [2.24, 2.45) is 11.7 Å². The molecule has 0 aliphatic rings. The topological polar surface area (TPSA) is 72.2 Å². The molecule has 19 heavy (non-hydrogen) atoms. The fourth-order valence-corrected chi connectivity index (χ4v) is 1.76. The van der Waals surface area contributed by atoms with Crippen LogP contribution in [0.25, 0.3) is 0 Å². The van der Waals surface area contributed by atoms with E-state index in [2.05, 4.69) is 19.2 Å². The summed E-state index contributed by atoms with van der Waals surface area (Å²) in [5, 5.41) is 2.71. The average molecular weight is 262 g/mol. The van der Waals surface area contributed by atoms with Gasteiger partial charge in [-0.2, -0.15) is 0 Å². The maximum Gasteiger partial charge on any atom is 0.240 e. The highest BCUT2D eigenvalue weighted by atomic mass is 16.2. The first-order valence-corrected chi connectivity index (χ1v) is 6.61. The van der Waals surface area contributed by atoms with E-state index in [4.69, 9.17) is 5.73 Å². The average Bonchev–Trinajstić information content (AvgIpc) is 2.36. The first-order valence-electron chi connectivity index (χ1n) is 6.61. The van der Waals surface area contributed by atoms with E-state index in [0.29, 0.717) is 18.8 Å². The second kappa shape index (κ2) is 7.56. The van der Waals surface area contributed by atoms with Gasteiger partial charge in [-0.1, -0.05) is 44.2 Å². The molecule has 0 saturated heterocycles. The lowest BCUT2D eigenvalue weighted by molar-refractivity contribution is -0.127. The molecular formula is C15H22N2O2. The molecule has 1 rings (SSSR count). The molecule has 0 radical (unpaired) electrons. The molecule has 0 heterocycles. The van der Waals surface area contributed by atoms with Crippen LogP contribution in [0.4, 0.5) is 0 Å². The van der Waals surface area contributed by atoms with Gasteiger partial charge >= 0.3 is 0 Å². The highest BCUT2D eigenvalue weighted by Gasteiger charge is 2.18. The standard InChI is InChI=1S/C15H22N2O2/c1-11(2)8-9-14(18)17-13(15(16)19)10-12-6-4-3-5-7-12/h3-7,11,13H,8-10H2,1-2H3,(H2,16,19)(H,17,18). The van der Waals surface area contributed by atoms with E-state index in [9.17, 15) is 9.59 Å². The minimum atomic E-state index is -0.637. The molecule has 3 N–H and O–H groups in total. The normalized spacial score (nSPS) is 12.2. The van der Waals surface area contributed by atoms with Crippen LogP contribution in [0.15, 0.2) is 30.3 Å². The van der Waals surface area contributed by atoms with Crippen LogP contribution < -0.4 is 11.1 Å². The molecule has 0 aliphatic carbocycles. The number of carbonyl (C=O) groups is 2.